The monoisotopic (exact) mass is 448 g/mol. The van der Waals surface area contributed by atoms with Gasteiger partial charge in [-0.2, -0.15) is 0 Å². The number of primary amides is 1. The van der Waals surface area contributed by atoms with Crippen LogP contribution in [0.2, 0.25) is 0 Å². The number of likely N-dealkylation sites (tertiary alicyclic amines) is 1. The number of piperidine rings is 1. The summed E-state index contributed by atoms with van der Waals surface area (Å²) in [5, 5.41) is 3.40. The number of amides is 1. The maximum absolute atomic E-state index is 11.2. The topological polar surface area (TPSA) is 70.7 Å². The third-order valence-electron chi connectivity index (χ3n) is 4.72. The van der Waals surface area contributed by atoms with Crippen LogP contribution in [0.3, 0.4) is 0 Å². The fourth-order valence-electron chi connectivity index (χ4n) is 3.57. The van der Waals surface area contributed by atoms with Crippen LogP contribution in [0, 0.1) is 5.92 Å². The van der Waals surface area contributed by atoms with Gasteiger partial charge in [-0.25, -0.2) is 0 Å². The van der Waals surface area contributed by atoms with Gasteiger partial charge in [0.2, 0.25) is 5.91 Å². The predicted molar refractivity (Wildman–Crippen MR) is 111 cm³/mol. The zero-order valence-electron chi connectivity index (χ0n) is 14.9. The molecule has 1 atom stereocenters. The van der Waals surface area contributed by atoms with Crippen molar-refractivity contribution >= 4 is 35.8 Å². The highest BCUT2D eigenvalue weighted by Crippen LogP contribution is 2.21. The molecule has 138 valence electrons. The second-order valence-electron chi connectivity index (χ2n) is 6.72. The Kier molecular flexibility index (Phi) is 10.4. The molecular weight excluding hydrogens is 415 g/mol. The maximum Gasteiger partial charge on any atom is 0.217 e. The van der Waals surface area contributed by atoms with Gasteiger partial charge in [0, 0.05) is 32.6 Å². The summed E-state index contributed by atoms with van der Waals surface area (Å²) in [5.74, 6) is 1.17. The molecule has 1 aliphatic heterocycles. The number of rotatable bonds is 6. The molecule has 2 rings (SSSR count). The van der Waals surface area contributed by atoms with Crippen molar-refractivity contribution in [3.63, 3.8) is 0 Å². The van der Waals surface area contributed by atoms with Gasteiger partial charge in [0.25, 0.3) is 0 Å². The molecule has 3 N–H and O–H groups in total. The van der Waals surface area contributed by atoms with E-state index in [0.717, 1.165) is 51.4 Å². The van der Waals surface area contributed by atoms with Crippen molar-refractivity contribution < 1.29 is 4.79 Å². The summed E-state index contributed by atoms with van der Waals surface area (Å²) in [5.41, 5.74) is 6.93. The Balaban J connectivity index is 0.00000288. The number of carbonyl (C=O) groups is 1. The molecule has 0 radical (unpaired) electrons. The van der Waals surface area contributed by atoms with E-state index >= 15 is 0 Å². The molecule has 24 heavy (non-hydrogen) atoms. The molecule has 0 bridgehead atoms. The first-order chi connectivity index (χ1) is 11.2. The molecule has 1 fully saturated rings. The van der Waals surface area contributed by atoms with Crippen molar-refractivity contribution in [3.8, 4) is 0 Å². The number of aliphatic imine (C=N–C) groups is 1. The predicted octanol–water partition coefficient (Wildman–Crippen LogP) is 3.05. The minimum atomic E-state index is -0.192. The number of nitrogens with one attached hydrogen (secondary N) is 1. The van der Waals surface area contributed by atoms with Gasteiger partial charge in [-0.3, -0.25) is 9.79 Å². The van der Waals surface area contributed by atoms with Crippen molar-refractivity contribution in [2.45, 2.75) is 58.3 Å². The highest BCUT2D eigenvalue weighted by Gasteiger charge is 2.23. The largest absolute Gasteiger partial charge is 0.370 e. The summed E-state index contributed by atoms with van der Waals surface area (Å²) in [4.78, 5) is 18.3. The lowest BCUT2D eigenvalue weighted by atomic mass is 9.95. The first-order valence-electron chi connectivity index (χ1n) is 9.18. The molecule has 2 aliphatic rings. The standard InChI is InChI=1S/C18H32N4O.HI/c1-2-20-18(21-11-10-15-7-4-3-5-8-15)22-12-6-9-16(14-22)13-17(19)23;/h7,16H,2-6,8-14H2,1H3,(H2,19,23)(H,20,21);1H. The molecule has 1 aliphatic carbocycles. The van der Waals surface area contributed by atoms with Gasteiger partial charge in [-0.15, -0.1) is 24.0 Å². The van der Waals surface area contributed by atoms with Crippen LogP contribution in [-0.2, 0) is 4.79 Å². The number of allylic oxidation sites excluding steroid dienone is 1. The molecule has 1 saturated heterocycles. The Morgan fingerprint density at radius 1 is 1.42 bits per heavy atom. The molecule has 1 unspecified atom stereocenters. The van der Waals surface area contributed by atoms with Crippen molar-refractivity contribution in [1.82, 2.24) is 10.2 Å². The van der Waals surface area contributed by atoms with Crippen molar-refractivity contribution in [3.05, 3.63) is 11.6 Å². The Hall–Kier alpha value is -0.790. The van der Waals surface area contributed by atoms with Gasteiger partial charge in [0.05, 0.1) is 0 Å². The lowest BCUT2D eigenvalue weighted by Gasteiger charge is -2.34. The van der Waals surface area contributed by atoms with E-state index in [9.17, 15) is 4.79 Å². The Labute approximate surface area is 163 Å². The van der Waals surface area contributed by atoms with E-state index in [2.05, 4.69) is 23.2 Å². The van der Waals surface area contributed by atoms with E-state index in [0.29, 0.717) is 12.3 Å². The van der Waals surface area contributed by atoms with Crippen LogP contribution >= 0.6 is 24.0 Å². The summed E-state index contributed by atoms with van der Waals surface area (Å²) in [6.07, 6.45) is 11.3. The van der Waals surface area contributed by atoms with E-state index in [1.54, 1.807) is 5.57 Å². The van der Waals surface area contributed by atoms with E-state index in [-0.39, 0.29) is 29.9 Å². The minimum absolute atomic E-state index is 0. The van der Waals surface area contributed by atoms with Gasteiger partial charge in [-0.05, 0) is 57.8 Å². The highest BCUT2D eigenvalue weighted by atomic mass is 127. The fourth-order valence-corrected chi connectivity index (χ4v) is 3.57. The molecule has 5 nitrogen and oxygen atoms in total. The van der Waals surface area contributed by atoms with E-state index in [1.165, 1.54) is 25.7 Å². The molecule has 1 heterocycles. The zero-order chi connectivity index (χ0) is 16.5. The molecule has 6 heteroatoms. The number of guanidine groups is 1. The van der Waals surface area contributed by atoms with Crippen LogP contribution in [0.15, 0.2) is 16.6 Å². The quantitative estimate of drug-likeness (QED) is 0.284. The van der Waals surface area contributed by atoms with Crippen LogP contribution < -0.4 is 11.1 Å². The van der Waals surface area contributed by atoms with Crippen molar-refractivity contribution in [1.29, 1.82) is 0 Å². The smallest absolute Gasteiger partial charge is 0.217 e. The normalized spacial score (nSPS) is 21.7. The summed E-state index contributed by atoms with van der Waals surface area (Å²) < 4.78 is 0. The fraction of sp³-hybridized carbons (Fsp3) is 0.778. The SMILES string of the molecule is CCNC(=NCCC1=CCCCC1)N1CCCC(CC(N)=O)C1.I. The van der Waals surface area contributed by atoms with E-state index in [1.807, 2.05) is 0 Å². The molecule has 0 aromatic rings. The van der Waals surface area contributed by atoms with Gasteiger partial charge in [0.1, 0.15) is 0 Å². The van der Waals surface area contributed by atoms with Crippen molar-refractivity contribution in [2.24, 2.45) is 16.6 Å². The van der Waals surface area contributed by atoms with Gasteiger partial charge in [-0.1, -0.05) is 11.6 Å². The number of carbonyl (C=O) groups excluding carboxylic acids is 1. The minimum Gasteiger partial charge on any atom is -0.370 e. The number of nitrogens with zero attached hydrogens (tertiary/aromatic N) is 2. The lowest BCUT2D eigenvalue weighted by Crippen LogP contribution is -2.47. The molecule has 0 aromatic heterocycles. The van der Waals surface area contributed by atoms with Gasteiger partial charge >= 0.3 is 0 Å². The summed E-state index contributed by atoms with van der Waals surface area (Å²) in [6, 6.07) is 0. The third-order valence-corrected chi connectivity index (χ3v) is 4.72. The van der Waals surface area contributed by atoms with Crippen LogP contribution in [-0.4, -0.2) is 42.9 Å². The number of nitrogens with two attached hydrogens (primary N) is 1. The molecule has 0 saturated carbocycles. The van der Waals surface area contributed by atoms with Gasteiger partial charge in [0.15, 0.2) is 5.96 Å². The average Bonchev–Trinajstić information content (AvgIpc) is 2.55. The van der Waals surface area contributed by atoms with Crippen molar-refractivity contribution in [2.75, 3.05) is 26.2 Å². The van der Waals surface area contributed by atoms with Crippen LogP contribution in [0.4, 0.5) is 0 Å². The summed E-state index contributed by atoms with van der Waals surface area (Å²) in [7, 11) is 0. The highest BCUT2D eigenvalue weighted by molar-refractivity contribution is 14.0. The third kappa shape index (κ3) is 7.40. The Bertz CT molecular complexity index is 450. The van der Waals surface area contributed by atoms with E-state index < -0.39 is 0 Å². The zero-order valence-corrected chi connectivity index (χ0v) is 17.3. The van der Waals surface area contributed by atoms with E-state index in [4.69, 9.17) is 10.7 Å². The first kappa shape index (κ1) is 21.3. The average molecular weight is 448 g/mol. The molecule has 0 spiro atoms. The number of hydrogen-bond acceptors (Lipinski definition) is 2. The number of halogens is 1. The lowest BCUT2D eigenvalue weighted by molar-refractivity contribution is -0.119. The Morgan fingerprint density at radius 3 is 2.92 bits per heavy atom. The number of hydrogen-bond donors (Lipinski definition) is 2. The van der Waals surface area contributed by atoms with Crippen LogP contribution in [0.25, 0.3) is 0 Å². The summed E-state index contributed by atoms with van der Waals surface area (Å²) >= 11 is 0. The maximum atomic E-state index is 11.2. The molecule has 0 aromatic carbocycles. The first-order valence-corrected chi connectivity index (χ1v) is 9.18. The Morgan fingerprint density at radius 2 is 2.25 bits per heavy atom. The van der Waals surface area contributed by atoms with Crippen LogP contribution in [0.1, 0.15) is 58.3 Å². The van der Waals surface area contributed by atoms with Crippen LogP contribution in [0.5, 0.6) is 0 Å². The second kappa shape index (κ2) is 11.7. The second-order valence-corrected chi connectivity index (χ2v) is 6.72. The van der Waals surface area contributed by atoms with Gasteiger partial charge < -0.3 is 16.0 Å². The molecule has 1 amide bonds. The summed E-state index contributed by atoms with van der Waals surface area (Å²) in [6.45, 7) is 5.73. The molecular formula is C18H33IN4O.